The van der Waals surface area contributed by atoms with Crippen molar-refractivity contribution in [1.82, 2.24) is 0 Å². The highest BCUT2D eigenvalue weighted by Crippen LogP contribution is 2.35. The number of nitrogens with one attached hydrogen (secondary N) is 2. The third-order valence-corrected chi connectivity index (χ3v) is 8.70. The Hall–Kier alpha value is -6.22. The molecule has 0 fully saturated rings. The first kappa shape index (κ1) is 33.3. The van der Waals surface area contributed by atoms with Crippen LogP contribution in [0.4, 0.5) is 32.0 Å². The number of nitrogens with zero attached hydrogens (tertiary/aromatic N) is 1. The van der Waals surface area contributed by atoms with Crippen molar-refractivity contribution < 1.29 is 26.3 Å². The van der Waals surface area contributed by atoms with Gasteiger partial charge in [0.1, 0.15) is 5.71 Å². The predicted molar refractivity (Wildman–Crippen MR) is 191 cm³/mol. The molecular formula is C42H27F6N3. The Morgan fingerprint density at radius 2 is 0.784 bits per heavy atom. The number of allylic oxidation sites excluding steroid dienone is 1. The van der Waals surface area contributed by atoms with Crippen molar-refractivity contribution in [3.63, 3.8) is 0 Å². The van der Waals surface area contributed by atoms with Gasteiger partial charge in [0.2, 0.25) is 0 Å². The third kappa shape index (κ3) is 7.10. The van der Waals surface area contributed by atoms with E-state index in [2.05, 4.69) is 10.5 Å². The van der Waals surface area contributed by atoms with Crippen LogP contribution in [0.5, 0.6) is 0 Å². The van der Waals surface area contributed by atoms with E-state index in [1.54, 1.807) is 6.08 Å². The van der Waals surface area contributed by atoms with Gasteiger partial charge in [0, 0.05) is 5.56 Å². The average Bonchev–Trinajstić information content (AvgIpc) is 3.14. The quantitative estimate of drug-likeness (QED) is 0.133. The maximum Gasteiger partial charge on any atom is 0.416 e. The Bertz CT molecular complexity index is 2260. The number of hydrazone groups is 1. The molecule has 252 valence electrons. The summed E-state index contributed by atoms with van der Waals surface area (Å²) in [6.07, 6.45) is -7.01. The molecule has 0 amide bonds. The van der Waals surface area contributed by atoms with E-state index in [-0.39, 0.29) is 5.71 Å². The summed E-state index contributed by atoms with van der Waals surface area (Å²) in [5.41, 5.74) is 11.3. The highest BCUT2D eigenvalue weighted by Gasteiger charge is 2.31. The molecule has 0 saturated heterocycles. The van der Waals surface area contributed by atoms with Gasteiger partial charge in [0.25, 0.3) is 0 Å². The molecule has 0 aliphatic heterocycles. The van der Waals surface area contributed by atoms with Gasteiger partial charge >= 0.3 is 12.4 Å². The molecule has 0 bridgehead atoms. The van der Waals surface area contributed by atoms with Crippen molar-refractivity contribution in [3.05, 3.63) is 179 Å². The number of fused-ring (bicyclic) bond motifs is 1. The Morgan fingerprint density at radius 3 is 1.20 bits per heavy atom. The predicted octanol–water partition coefficient (Wildman–Crippen LogP) is 12.0. The smallest absolute Gasteiger partial charge is 0.299 e. The molecule has 7 rings (SSSR count). The van der Waals surface area contributed by atoms with Gasteiger partial charge in [-0.25, -0.2) is 0 Å². The number of alkyl halides is 6. The molecule has 6 aromatic carbocycles. The number of halogens is 6. The zero-order valence-electron chi connectivity index (χ0n) is 26.6. The summed E-state index contributed by atoms with van der Waals surface area (Å²) in [6.45, 7) is 0. The largest absolute Gasteiger partial charge is 0.416 e. The molecule has 0 spiro atoms. The van der Waals surface area contributed by atoms with Crippen LogP contribution in [0.3, 0.4) is 0 Å². The Labute approximate surface area is 289 Å². The second-order valence-corrected chi connectivity index (χ2v) is 12.0. The zero-order valence-corrected chi connectivity index (χ0v) is 26.6. The Kier molecular flexibility index (Phi) is 8.64. The van der Waals surface area contributed by atoms with Crippen LogP contribution in [0.25, 0.3) is 39.0 Å². The molecule has 9 heteroatoms. The molecule has 0 unspecified atom stereocenters. The number of hydrogen-bond acceptors (Lipinski definition) is 3. The first-order valence-corrected chi connectivity index (χ1v) is 15.8. The molecule has 0 saturated carbocycles. The topological polar surface area (TPSA) is 48.2 Å². The molecule has 1 aliphatic rings. The summed E-state index contributed by atoms with van der Waals surface area (Å²) < 4.78 is 77.7. The lowest BCUT2D eigenvalue weighted by atomic mass is 9.84. The van der Waals surface area contributed by atoms with Crippen molar-refractivity contribution in [1.29, 1.82) is 5.41 Å². The molecule has 0 aromatic heterocycles. The highest BCUT2D eigenvalue weighted by atomic mass is 19.4. The number of anilines is 1. The van der Waals surface area contributed by atoms with Gasteiger partial charge in [-0.1, -0.05) is 109 Å². The van der Waals surface area contributed by atoms with Crippen molar-refractivity contribution in [2.24, 2.45) is 5.10 Å². The molecule has 6 aromatic rings. The van der Waals surface area contributed by atoms with Crippen LogP contribution in [0.2, 0.25) is 0 Å². The summed E-state index contributed by atoms with van der Waals surface area (Å²) in [5.74, 6) is 0. The van der Waals surface area contributed by atoms with Gasteiger partial charge in [0.05, 0.1) is 22.5 Å². The average molecular weight is 688 g/mol. The highest BCUT2D eigenvalue weighted by molar-refractivity contribution is 6.54. The van der Waals surface area contributed by atoms with Crippen LogP contribution in [-0.4, -0.2) is 11.4 Å². The van der Waals surface area contributed by atoms with Gasteiger partial charge in [-0.05, 0) is 92.6 Å². The van der Waals surface area contributed by atoms with E-state index in [1.165, 1.54) is 24.3 Å². The molecule has 51 heavy (non-hydrogen) atoms. The second kappa shape index (κ2) is 13.2. The molecule has 2 N–H and O–H groups in total. The minimum Gasteiger partial charge on any atom is -0.299 e. The summed E-state index contributed by atoms with van der Waals surface area (Å²) >= 11 is 0. The van der Waals surface area contributed by atoms with E-state index in [0.29, 0.717) is 22.5 Å². The van der Waals surface area contributed by atoms with Gasteiger partial charge < -0.3 is 0 Å². The molecule has 3 nitrogen and oxygen atoms in total. The van der Waals surface area contributed by atoms with Crippen molar-refractivity contribution in [3.8, 4) is 33.4 Å². The van der Waals surface area contributed by atoms with Crippen LogP contribution in [0, 0.1) is 5.41 Å². The van der Waals surface area contributed by atoms with Crippen LogP contribution >= 0.6 is 0 Å². The summed E-state index contributed by atoms with van der Waals surface area (Å²) in [4.78, 5) is 0. The first-order chi connectivity index (χ1) is 24.4. The van der Waals surface area contributed by atoms with E-state index in [1.807, 2.05) is 97.1 Å². The SMILES string of the molecule is N=C1C=C(c2ccc(-c3ccc(C(F)(F)F)cc3)cc2)c2ccccc2/C1=N/Nc1ccc(-c2ccc(-c3ccc(C(F)(F)F)cc3)cc2)cc1. The summed E-state index contributed by atoms with van der Waals surface area (Å²) in [5, 5.41) is 13.4. The monoisotopic (exact) mass is 687 g/mol. The van der Waals surface area contributed by atoms with Gasteiger partial charge in [-0.2, -0.15) is 31.4 Å². The van der Waals surface area contributed by atoms with Crippen molar-refractivity contribution in [2.75, 3.05) is 5.43 Å². The van der Waals surface area contributed by atoms with E-state index in [4.69, 9.17) is 5.41 Å². The van der Waals surface area contributed by atoms with Crippen LogP contribution in [0.15, 0.2) is 157 Å². The lowest BCUT2D eigenvalue weighted by Gasteiger charge is -2.20. The lowest BCUT2D eigenvalue weighted by molar-refractivity contribution is -0.138. The van der Waals surface area contributed by atoms with Gasteiger partial charge in [-0.3, -0.25) is 10.8 Å². The van der Waals surface area contributed by atoms with E-state index >= 15 is 0 Å². The first-order valence-electron chi connectivity index (χ1n) is 15.8. The Morgan fingerprint density at radius 1 is 0.431 bits per heavy atom. The van der Waals surface area contributed by atoms with Gasteiger partial charge in [-0.15, -0.1) is 0 Å². The van der Waals surface area contributed by atoms with Crippen LogP contribution in [-0.2, 0) is 12.4 Å². The van der Waals surface area contributed by atoms with Crippen molar-refractivity contribution in [2.45, 2.75) is 12.4 Å². The maximum atomic E-state index is 13.0. The van der Waals surface area contributed by atoms with Crippen LogP contribution in [0.1, 0.15) is 27.8 Å². The normalized spacial score (nSPS) is 13.9. The molecule has 1 aliphatic carbocycles. The molecule has 0 atom stereocenters. The standard InChI is InChI=1S/C42H27F6N3/c43-41(44,45)33-19-13-29(14-20-33)26-5-7-27(8-6-26)31-17-23-35(24-18-31)50-51-40-37-4-2-1-3-36(37)38(25-39(40)49)32-11-9-28(10-12-32)30-15-21-34(22-16-30)42(46,47)48/h1-25,49-50H/b49-39?,51-40-. The summed E-state index contributed by atoms with van der Waals surface area (Å²) in [7, 11) is 0. The lowest BCUT2D eigenvalue weighted by Crippen LogP contribution is -2.21. The fourth-order valence-electron chi connectivity index (χ4n) is 5.98. The number of benzene rings is 6. The fraction of sp³-hybridized carbons (Fsp3) is 0.0476. The number of rotatable bonds is 6. The Balaban J connectivity index is 1.06. The fourth-order valence-corrected chi connectivity index (χ4v) is 5.98. The summed E-state index contributed by atoms with van der Waals surface area (Å²) in [6, 6.07) is 40.5. The van der Waals surface area contributed by atoms with Gasteiger partial charge in [0.15, 0.2) is 0 Å². The second-order valence-electron chi connectivity index (χ2n) is 12.0. The minimum atomic E-state index is -4.39. The molecule has 0 radical (unpaired) electrons. The third-order valence-electron chi connectivity index (χ3n) is 8.70. The van der Waals surface area contributed by atoms with E-state index in [9.17, 15) is 26.3 Å². The minimum absolute atomic E-state index is 0.216. The number of hydrogen-bond donors (Lipinski definition) is 2. The van der Waals surface area contributed by atoms with E-state index in [0.717, 1.165) is 68.8 Å². The zero-order chi connectivity index (χ0) is 35.8. The molecular weight excluding hydrogens is 660 g/mol. The van der Waals surface area contributed by atoms with E-state index < -0.39 is 23.5 Å². The van der Waals surface area contributed by atoms with Crippen LogP contribution < -0.4 is 5.43 Å². The molecule has 0 heterocycles. The van der Waals surface area contributed by atoms with Crippen molar-refractivity contribution >= 4 is 22.7 Å². The maximum absolute atomic E-state index is 13.0.